The van der Waals surface area contributed by atoms with Crippen molar-refractivity contribution in [3.63, 3.8) is 0 Å². The summed E-state index contributed by atoms with van der Waals surface area (Å²) in [7, 11) is 0. The monoisotopic (exact) mass is 369 g/mol. The van der Waals surface area contributed by atoms with Crippen molar-refractivity contribution >= 4 is 28.9 Å². The number of carbonyl (C=O) groups is 1. The molecule has 26 heavy (non-hydrogen) atoms. The third kappa shape index (κ3) is 3.94. The Bertz CT molecular complexity index is 919. The molecule has 2 N–H and O–H groups in total. The van der Waals surface area contributed by atoms with E-state index in [-0.39, 0.29) is 6.03 Å². The predicted molar refractivity (Wildman–Crippen MR) is 100 cm³/mol. The second-order valence-electron chi connectivity index (χ2n) is 6.34. The molecule has 1 saturated carbocycles. The first-order chi connectivity index (χ1) is 12.7. The molecule has 2 amide bonds. The van der Waals surface area contributed by atoms with E-state index in [1.54, 1.807) is 0 Å². The lowest BCUT2D eigenvalue weighted by atomic mass is 10.2. The Morgan fingerprint density at radius 2 is 2.08 bits per heavy atom. The molecule has 0 saturated heterocycles. The Labute approximate surface area is 155 Å². The molecule has 1 fully saturated rings. The molecule has 1 aliphatic carbocycles. The van der Waals surface area contributed by atoms with Crippen LogP contribution in [0.3, 0.4) is 0 Å². The zero-order valence-corrected chi connectivity index (χ0v) is 15.1. The molecule has 4 rings (SSSR count). The quantitative estimate of drug-likeness (QED) is 0.637. The Morgan fingerprint density at radius 1 is 1.27 bits per heavy atom. The van der Waals surface area contributed by atoms with E-state index in [2.05, 4.69) is 34.3 Å². The molecule has 0 radical (unpaired) electrons. The first-order valence-electron chi connectivity index (χ1n) is 8.49. The highest BCUT2D eigenvalue weighted by atomic mass is 32.2. The molecule has 0 atom stereocenters. The van der Waals surface area contributed by atoms with Crippen molar-refractivity contribution in [3.05, 3.63) is 53.6 Å². The second-order valence-corrected chi connectivity index (χ2v) is 7.14. The number of nitrogens with zero attached hydrogens (tertiary/aromatic N) is 1. The Hall–Kier alpha value is -2.67. The van der Waals surface area contributed by atoms with Crippen LogP contribution in [0, 0.1) is 6.92 Å². The summed E-state index contributed by atoms with van der Waals surface area (Å²) in [5, 5.41) is 8.26. The zero-order chi connectivity index (χ0) is 17.9. The second kappa shape index (κ2) is 7.29. The van der Waals surface area contributed by atoms with Crippen LogP contribution in [0.1, 0.15) is 24.0 Å². The van der Waals surface area contributed by atoms with E-state index in [1.807, 2.05) is 30.3 Å². The van der Waals surface area contributed by atoms with Gasteiger partial charge in [0.15, 0.2) is 10.6 Å². The van der Waals surface area contributed by atoms with E-state index in [0.29, 0.717) is 29.0 Å². The highest BCUT2D eigenvalue weighted by molar-refractivity contribution is 7.98. The van der Waals surface area contributed by atoms with Gasteiger partial charge in [0.2, 0.25) is 0 Å². The molecule has 6 nitrogen and oxygen atoms in total. The van der Waals surface area contributed by atoms with Gasteiger partial charge in [0.1, 0.15) is 12.4 Å². The molecular formula is C19H19N3O3S. The molecule has 7 heteroatoms. The van der Waals surface area contributed by atoms with E-state index in [4.69, 9.17) is 9.26 Å². The molecule has 0 aliphatic heterocycles. The smallest absolute Gasteiger partial charge is 0.325 e. The third-order valence-corrected chi connectivity index (χ3v) is 4.86. The summed E-state index contributed by atoms with van der Waals surface area (Å²) in [6.07, 6.45) is 2.09. The van der Waals surface area contributed by atoms with Gasteiger partial charge in [0.05, 0.1) is 5.39 Å². The number of aromatic nitrogens is 1. The van der Waals surface area contributed by atoms with Crippen LogP contribution in [-0.2, 0) is 6.61 Å². The van der Waals surface area contributed by atoms with Crippen molar-refractivity contribution in [2.24, 2.45) is 0 Å². The summed E-state index contributed by atoms with van der Waals surface area (Å²) in [5.74, 6) is 0.677. The molecule has 3 aromatic rings. The lowest BCUT2D eigenvalue weighted by Crippen LogP contribution is -2.32. The van der Waals surface area contributed by atoms with Gasteiger partial charge < -0.3 is 14.6 Å². The Morgan fingerprint density at radius 3 is 2.85 bits per heavy atom. The van der Waals surface area contributed by atoms with Gasteiger partial charge in [-0.25, -0.2) is 4.79 Å². The van der Waals surface area contributed by atoms with E-state index in [0.717, 1.165) is 35.7 Å². The van der Waals surface area contributed by atoms with Gasteiger partial charge in [-0.05, 0) is 37.5 Å². The van der Waals surface area contributed by atoms with Crippen LogP contribution in [0.2, 0.25) is 0 Å². The Balaban J connectivity index is 1.48. The van der Waals surface area contributed by atoms with E-state index < -0.39 is 0 Å². The van der Waals surface area contributed by atoms with Crippen LogP contribution in [0.25, 0.3) is 11.0 Å². The maximum Gasteiger partial charge on any atom is 0.325 e. The average Bonchev–Trinajstić information content (AvgIpc) is 3.36. The fraction of sp³-hybridized carbons (Fsp3) is 0.263. The SMILES string of the molecule is Cc1ccc(COc2cccc3onc(SNC(=O)NC4CC4)c23)cc1. The van der Waals surface area contributed by atoms with Gasteiger partial charge in [0.25, 0.3) is 0 Å². The standard InChI is InChI=1S/C19H19N3O3S/c1-12-5-7-13(8-6-12)11-24-15-3-2-4-16-17(15)18(21-25-16)26-22-19(23)20-14-9-10-14/h2-8,14H,9-11H2,1H3,(H2,20,22,23). The minimum absolute atomic E-state index is 0.216. The van der Waals surface area contributed by atoms with Crippen LogP contribution < -0.4 is 14.8 Å². The molecular weight excluding hydrogens is 350 g/mol. The molecule has 0 bridgehead atoms. The van der Waals surface area contributed by atoms with Crippen LogP contribution in [0.4, 0.5) is 4.79 Å². The number of benzene rings is 2. The fourth-order valence-corrected chi connectivity index (χ4v) is 3.13. The van der Waals surface area contributed by atoms with Crippen molar-refractivity contribution in [1.82, 2.24) is 15.2 Å². The van der Waals surface area contributed by atoms with E-state index >= 15 is 0 Å². The molecule has 0 spiro atoms. The van der Waals surface area contributed by atoms with E-state index in [1.165, 1.54) is 5.56 Å². The minimum atomic E-state index is -0.216. The number of urea groups is 1. The Kier molecular flexibility index (Phi) is 4.71. The van der Waals surface area contributed by atoms with Crippen molar-refractivity contribution in [2.75, 3.05) is 0 Å². The number of nitrogens with one attached hydrogen (secondary N) is 2. The summed E-state index contributed by atoms with van der Waals surface area (Å²) in [6.45, 7) is 2.50. The van der Waals surface area contributed by atoms with Gasteiger partial charge in [-0.3, -0.25) is 4.72 Å². The summed E-state index contributed by atoms with van der Waals surface area (Å²) < 4.78 is 14.1. The van der Waals surface area contributed by atoms with Crippen molar-refractivity contribution < 1.29 is 14.1 Å². The number of aryl methyl sites for hydroxylation is 1. The molecule has 1 aromatic heterocycles. The third-order valence-electron chi connectivity index (χ3n) is 4.10. The van der Waals surface area contributed by atoms with E-state index in [9.17, 15) is 4.79 Å². The highest BCUT2D eigenvalue weighted by Gasteiger charge is 2.23. The summed E-state index contributed by atoms with van der Waals surface area (Å²) in [5.41, 5.74) is 2.92. The van der Waals surface area contributed by atoms with Gasteiger partial charge in [-0.15, -0.1) is 0 Å². The lowest BCUT2D eigenvalue weighted by Gasteiger charge is -2.08. The van der Waals surface area contributed by atoms with Crippen LogP contribution >= 0.6 is 11.9 Å². The van der Waals surface area contributed by atoms with Crippen LogP contribution in [-0.4, -0.2) is 17.2 Å². The van der Waals surface area contributed by atoms with Crippen LogP contribution in [0.5, 0.6) is 5.75 Å². The van der Waals surface area contributed by atoms with Gasteiger partial charge in [-0.1, -0.05) is 41.1 Å². The number of amides is 2. The first-order valence-corrected chi connectivity index (χ1v) is 9.31. The number of hydrogen-bond acceptors (Lipinski definition) is 5. The topological polar surface area (TPSA) is 76.4 Å². The minimum Gasteiger partial charge on any atom is -0.488 e. The molecule has 1 heterocycles. The molecule has 0 unspecified atom stereocenters. The van der Waals surface area contributed by atoms with Gasteiger partial charge in [0, 0.05) is 18.0 Å². The average molecular weight is 369 g/mol. The van der Waals surface area contributed by atoms with Gasteiger partial charge in [-0.2, -0.15) is 0 Å². The fourth-order valence-electron chi connectivity index (χ4n) is 2.51. The predicted octanol–water partition coefficient (Wildman–Crippen LogP) is 4.18. The van der Waals surface area contributed by atoms with Crippen LogP contribution in [0.15, 0.2) is 52.0 Å². The zero-order valence-electron chi connectivity index (χ0n) is 14.3. The first kappa shape index (κ1) is 16.8. The number of hydrogen-bond donors (Lipinski definition) is 2. The number of ether oxygens (including phenoxy) is 1. The van der Waals surface area contributed by atoms with Crippen molar-refractivity contribution in [3.8, 4) is 5.75 Å². The van der Waals surface area contributed by atoms with Crippen molar-refractivity contribution in [1.29, 1.82) is 0 Å². The number of carbonyl (C=O) groups excluding carboxylic acids is 1. The maximum absolute atomic E-state index is 11.8. The lowest BCUT2D eigenvalue weighted by molar-refractivity contribution is 0.246. The maximum atomic E-state index is 11.8. The summed E-state index contributed by atoms with van der Waals surface area (Å²) >= 11 is 1.13. The summed E-state index contributed by atoms with van der Waals surface area (Å²) in [6, 6.07) is 13.9. The highest BCUT2D eigenvalue weighted by Crippen LogP contribution is 2.34. The van der Waals surface area contributed by atoms with Crippen molar-refractivity contribution in [2.45, 2.75) is 37.4 Å². The molecule has 2 aromatic carbocycles. The number of fused-ring (bicyclic) bond motifs is 1. The largest absolute Gasteiger partial charge is 0.488 e. The summed E-state index contributed by atoms with van der Waals surface area (Å²) in [4.78, 5) is 11.8. The number of rotatable bonds is 6. The molecule has 134 valence electrons. The normalized spacial score (nSPS) is 13.6. The molecule has 1 aliphatic rings. The van der Waals surface area contributed by atoms with Gasteiger partial charge >= 0.3 is 6.03 Å².